The van der Waals surface area contributed by atoms with Gasteiger partial charge >= 0.3 is 0 Å². The fourth-order valence-electron chi connectivity index (χ4n) is 3.96. The molecule has 0 saturated heterocycles. The minimum absolute atomic E-state index is 0. The van der Waals surface area contributed by atoms with Gasteiger partial charge in [0.05, 0.1) is 24.6 Å². The maximum Gasteiger partial charge on any atom is 0.0594 e. The molecule has 154 valence electrons. The van der Waals surface area contributed by atoms with Crippen molar-refractivity contribution in [3.8, 4) is 0 Å². The predicted molar refractivity (Wildman–Crippen MR) is 118 cm³/mol. The lowest BCUT2D eigenvalue weighted by Crippen LogP contribution is -3.00. The van der Waals surface area contributed by atoms with Crippen molar-refractivity contribution < 1.29 is 24.0 Å². The van der Waals surface area contributed by atoms with Crippen LogP contribution in [0, 0.1) is 0 Å². The number of halogens is 1. The first-order valence-corrected chi connectivity index (χ1v) is 14.1. The van der Waals surface area contributed by atoms with E-state index in [9.17, 15) is 0 Å². The Bertz CT molecular complexity index is 206. The van der Waals surface area contributed by atoms with Gasteiger partial charge in [0.2, 0.25) is 0 Å². The van der Waals surface area contributed by atoms with Crippen LogP contribution >= 0.6 is 7.26 Å². The first-order valence-electron chi connectivity index (χ1n) is 11.6. The molecule has 25 heavy (non-hydrogen) atoms. The maximum atomic E-state index is 2.53. The molecular formula is C23H50IP. The van der Waals surface area contributed by atoms with Crippen LogP contribution in [-0.4, -0.2) is 24.6 Å². The topological polar surface area (TPSA) is 0 Å². The molecule has 0 atom stereocenters. The summed E-state index contributed by atoms with van der Waals surface area (Å²) in [6.45, 7) is 9.51. The van der Waals surface area contributed by atoms with Crippen LogP contribution in [0.3, 0.4) is 0 Å². The van der Waals surface area contributed by atoms with E-state index in [0.29, 0.717) is 0 Å². The Morgan fingerprint density at radius 3 is 0.920 bits per heavy atom. The van der Waals surface area contributed by atoms with Crippen LogP contribution in [0.2, 0.25) is 0 Å². The Morgan fingerprint density at radius 2 is 0.680 bits per heavy atom. The van der Waals surface area contributed by atoms with Gasteiger partial charge in [0.15, 0.2) is 0 Å². The van der Waals surface area contributed by atoms with Gasteiger partial charge in [-0.3, -0.25) is 0 Å². The van der Waals surface area contributed by atoms with Crippen LogP contribution in [0.25, 0.3) is 0 Å². The Kier molecular flexibility index (Phi) is 24.4. The summed E-state index contributed by atoms with van der Waals surface area (Å²) in [4.78, 5) is 0. The summed E-state index contributed by atoms with van der Waals surface area (Å²) in [6.07, 6.45) is 28.4. The molecule has 0 saturated carbocycles. The van der Waals surface area contributed by atoms with Crippen molar-refractivity contribution in [1.29, 1.82) is 0 Å². The number of hydrogen-bond acceptors (Lipinski definition) is 0. The molecule has 0 radical (unpaired) electrons. The largest absolute Gasteiger partial charge is 1.00 e. The van der Waals surface area contributed by atoms with Gasteiger partial charge in [-0.2, -0.15) is 0 Å². The third-order valence-electron chi connectivity index (χ3n) is 5.88. The molecule has 0 fully saturated rings. The van der Waals surface area contributed by atoms with Gasteiger partial charge < -0.3 is 24.0 Å². The van der Waals surface area contributed by atoms with Crippen LogP contribution in [0.4, 0.5) is 0 Å². The van der Waals surface area contributed by atoms with Gasteiger partial charge in [-0.15, -0.1) is 0 Å². The molecule has 0 aromatic carbocycles. The van der Waals surface area contributed by atoms with Crippen molar-refractivity contribution in [2.75, 3.05) is 24.6 Å². The molecule has 0 aliphatic rings. The first kappa shape index (κ1) is 28.4. The number of unbranched alkanes of at least 4 members (excludes halogenated alkanes) is 12. The van der Waals surface area contributed by atoms with Gasteiger partial charge in [-0.1, -0.05) is 78.6 Å². The smallest absolute Gasteiger partial charge is 0.0594 e. The molecule has 0 rings (SSSR count). The van der Waals surface area contributed by atoms with E-state index < -0.39 is 7.26 Å². The van der Waals surface area contributed by atoms with Gasteiger partial charge in [0.1, 0.15) is 0 Å². The van der Waals surface area contributed by atoms with Crippen molar-refractivity contribution in [3.05, 3.63) is 0 Å². The van der Waals surface area contributed by atoms with E-state index in [1.807, 2.05) is 0 Å². The fourth-order valence-corrected chi connectivity index (χ4v) is 8.26. The van der Waals surface area contributed by atoms with Crippen LogP contribution < -0.4 is 24.0 Å². The molecular weight excluding hydrogens is 434 g/mol. The highest BCUT2D eigenvalue weighted by Crippen LogP contribution is 2.60. The summed E-state index contributed by atoms with van der Waals surface area (Å²) >= 11 is 0. The molecule has 0 bridgehead atoms. The Balaban J connectivity index is 0. The Morgan fingerprint density at radius 1 is 0.400 bits per heavy atom. The van der Waals surface area contributed by atoms with Gasteiger partial charge in [0.25, 0.3) is 0 Å². The molecule has 0 N–H and O–H groups in total. The van der Waals surface area contributed by atoms with Crippen molar-refractivity contribution in [3.63, 3.8) is 0 Å². The predicted octanol–water partition coefficient (Wildman–Crippen LogP) is 5.94. The quantitative estimate of drug-likeness (QED) is 0.121. The first-order chi connectivity index (χ1) is 11.7. The van der Waals surface area contributed by atoms with Crippen molar-refractivity contribution in [1.82, 2.24) is 0 Å². The van der Waals surface area contributed by atoms with E-state index in [1.54, 1.807) is 18.5 Å². The van der Waals surface area contributed by atoms with Crippen molar-refractivity contribution in [2.24, 2.45) is 0 Å². The van der Waals surface area contributed by atoms with Gasteiger partial charge in [-0.25, -0.2) is 0 Å². The highest BCUT2D eigenvalue weighted by atomic mass is 127. The zero-order valence-electron chi connectivity index (χ0n) is 18.3. The lowest BCUT2D eigenvalue weighted by atomic mass is 10.2. The minimum Gasteiger partial charge on any atom is -1.00 e. The monoisotopic (exact) mass is 484 g/mol. The van der Waals surface area contributed by atoms with Crippen LogP contribution in [-0.2, 0) is 0 Å². The van der Waals surface area contributed by atoms with E-state index in [0.717, 1.165) is 0 Å². The molecule has 0 unspecified atom stereocenters. The summed E-state index contributed by atoms with van der Waals surface area (Å²) in [5.74, 6) is 0. The second kappa shape index (κ2) is 21.5. The second-order valence-corrected chi connectivity index (χ2v) is 12.7. The maximum absolute atomic E-state index is 2.53. The van der Waals surface area contributed by atoms with Crippen molar-refractivity contribution >= 4 is 7.26 Å². The lowest BCUT2D eigenvalue weighted by molar-refractivity contribution is -0.00000556. The zero-order valence-corrected chi connectivity index (χ0v) is 21.3. The highest BCUT2D eigenvalue weighted by molar-refractivity contribution is 7.75. The number of hydrogen-bond donors (Lipinski definition) is 0. The molecule has 0 aliphatic carbocycles. The summed E-state index contributed by atoms with van der Waals surface area (Å²) in [5, 5.41) is 0. The molecule has 0 nitrogen and oxygen atoms in total. The fraction of sp³-hybridized carbons (Fsp3) is 1.00. The highest BCUT2D eigenvalue weighted by Gasteiger charge is 2.33. The van der Waals surface area contributed by atoms with E-state index in [2.05, 4.69) is 27.7 Å². The summed E-state index contributed by atoms with van der Waals surface area (Å²) < 4.78 is 0. The average Bonchev–Trinajstić information content (AvgIpc) is 2.60. The van der Waals surface area contributed by atoms with E-state index in [1.165, 1.54) is 102 Å². The van der Waals surface area contributed by atoms with Gasteiger partial charge in [-0.05, 0) is 45.4 Å². The molecule has 0 aromatic heterocycles. The molecule has 0 aliphatic heterocycles. The van der Waals surface area contributed by atoms with Crippen molar-refractivity contribution in [2.45, 2.75) is 124 Å². The summed E-state index contributed by atoms with van der Waals surface area (Å²) in [7, 11) is -0.623. The minimum atomic E-state index is -0.623. The molecule has 2 heteroatoms. The third-order valence-corrected chi connectivity index (χ3v) is 11.0. The number of rotatable bonds is 19. The molecule has 0 amide bonds. The molecule has 0 heterocycles. The zero-order chi connectivity index (χ0) is 17.9. The summed E-state index contributed by atoms with van der Waals surface area (Å²) in [6, 6.07) is 0. The van der Waals surface area contributed by atoms with Crippen LogP contribution in [0.1, 0.15) is 124 Å². The second-order valence-electron chi connectivity index (χ2n) is 8.07. The Labute approximate surface area is 179 Å². The lowest BCUT2D eigenvalue weighted by Gasteiger charge is -2.27. The van der Waals surface area contributed by atoms with E-state index in [4.69, 9.17) is 0 Å². The SMILES string of the molecule is CCCCCCC[P+](CC)(CCCCCCC)CCCCCCC.[I-]. The molecule has 0 spiro atoms. The van der Waals surface area contributed by atoms with E-state index in [-0.39, 0.29) is 24.0 Å². The van der Waals surface area contributed by atoms with Crippen LogP contribution in [0.15, 0.2) is 0 Å². The van der Waals surface area contributed by atoms with E-state index >= 15 is 0 Å². The van der Waals surface area contributed by atoms with Gasteiger partial charge in [0, 0.05) is 7.26 Å². The molecule has 0 aromatic rings. The third kappa shape index (κ3) is 17.0. The summed E-state index contributed by atoms with van der Waals surface area (Å²) in [5.41, 5.74) is 0. The van der Waals surface area contributed by atoms with Crippen LogP contribution in [0.5, 0.6) is 0 Å². The Hall–Kier alpha value is 1.16. The average molecular weight is 485 g/mol. The standard InChI is InChI=1S/C23H50P.HI/c1-5-9-12-15-18-21-24(8-4,22-19-16-13-10-6-2)23-20-17-14-11-7-3;/h5-23H2,1-4H3;1H/q+1;/p-1. The normalized spacial score (nSPS) is 11.5.